The number of nitrogens with one attached hydrogen (secondary N) is 2. The number of nitrogens with two attached hydrogens (primary N) is 1. The van der Waals surface area contributed by atoms with Crippen molar-refractivity contribution in [2.45, 2.75) is 6.54 Å². The first-order chi connectivity index (χ1) is 9.61. The summed E-state index contributed by atoms with van der Waals surface area (Å²) in [7, 11) is 0. The van der Waals surface area contributed by atoms with Gasteiger partial charge >= 0.3 is 0 Å². The Morgan fingerprint density at radius 3 is 2.80 bits per heavy atom. The Morgan fingerprint density at radius 2 is 2.00 bits per heavy atom. The quantitative estimate of drug-likeness (QED) is 0.643. The third-order valence-corrected chi connectivity index (χ3v) is 2.97. The fraction of sp³-hybridized carbons (Fsp3) is 0.0714. The lowest BCUT2D eigenvalue weighted by atomic mass is 10.2. The number of fused-ring (bicyclic) bond motifs is 1. The average molecular weight is 274 g/mol. The van der Waals surface area contributed by atoms with Crippen LogP contribution >= 0.6 is 0 Å². The predicted octanol–water partition coefficient (Wildman–Crippen LogP) is 3.04. The van der Waals surface area contributed by atoms with Gasteiger partial charge in [0.15, 0.2) is 0 Å². The second-order valence-corrected chi connectivity index (χ2v) is 4.45. The molecule has 0 spiro atoms. The highest BCUT2D eigenvalue weighted by Crippen LogP contribution is 2.18. The topological polar surface area (TPSA) is 66.7 Å². The van der Waals surface area contributed by atoms with Crippen LogP contribution in [-0.2, 0) is 6.54 Å². The molecule has 2 aromatic carbocycles. The number of hydrogen-bond acceptors (Lipinski definition) is 3. The van der Waals surface area contributed by atoms with Gasteiger partial charge in [-0.1, -0.05) is 6.07 Å². The molecule has 20 heavy (non-hydrogen) atoms. The maximum atomic E-state index is 13.5. The molecule has 0 atom stereocenters. The van der Waals surface area contributed by atoms with Crippen molar-refractivity contribution >= 4 is 22.7 Å². The van der Waals surface area contributed by atoms with Gasteiger partial charge in [-0.3, -0.25) is 0 Å². The third kappa shape index (κ3) is 2.40. The molecule has 102 valence electrons. The first-order valence-electron chi connectivity index (χ1n) is 6.05. The van der Waals surface area contributed by atoms with E-state index in [9.17, 15) is 8.78 Å². The van der Waals surface area contributed by atoms with Gasteiger partial charge in [-0.2, -0.15) is 0 Å². The number of hydrogen-bond donors (Lipinski definition) is 3. The van der Waals surface area contributed by atoms with E-state index in [1.54, 1.807) is 18.2 Å². The standard InChI is InChI=1S/C14H12F2N4/c15-9-2-1-8(11(16)5-9)7-18-14-19-12-4-3-10(17)6-13(12)20-14/h1-6H,7,17H2,(H2,18,19,20). The summed E-state index contributed by atoms with van der Waals surface area (Å²) in [5.74, 6) is -0.669. The summed E-state index contributed by atoms with van der Waals surface area (Å²) in [4.78, 5) is 7.34. The minimum absolute atomic E-state index is 0.210. The lowest BCUT2D eigenvalue weighted by Crippen LogP contribution is -2.03. The van der Waals surface area contributed by atoms with Gasteiger partial charge < -0.3 is 16.0 Å². The van der Waals surface area contributed by atoms with E-state index in [1.165, 1.54) is 12.1 Å². The molecular weight excluding hydrogens is 262 g/mol. The maximum Gasteiger partial charge on any atom is 0.201 e. The minimum Gasteiger partial charge on any atom is -0.399 e. The normalized spacial score (nSPS) is 10.9. The Morgan fingerprint density at radius 1 is 1.15 bits per heavy atom. The van der Waals surface area contributed by atoms with Gasteiger partial charge in [-0.25, -0.2) is 13.8 Å². The molecular formula is C14H12F2N4. The van der Waals surface area contributed by atoms with Crippen LogP contribution in [0.5, 0.6) is 0 Å². The third-order valence-electron chi connectivity index (χ3n) is 2.97. The molecule has 0 aliphatic heterocycles. The van der Waals surface area contributed by atoms with Crippen LogP contribution in [0.25, 0.3) is 11.0 Å². The monoisotopic (exact) mass is 274 g/mol. The minimum atomic E-state index is -0.592. The predicted molar refractivity (Wildman–Crippen MR) is 74.2 cm³/mol. The Labute approximate surface area is 113 Å². The molecule has 4 nitrogen and oxygen atoms in total. The summed E-state index contributed by atoms with van der Waals surface area (Å²) in [5, 5.41) is 2.96. The molecule has 1 heterocycles. The molecule has 0 fully saturated rings. The van der Waals surface area contributed by atoms with Crippen LogP contribution in [0.2, 0.25) is 0 Å². The highest BCUT2D eigenvalue weighted by atomic mass is 19.1. The van der Waals surface area contributed by atoms with Crippen LogP contribution in [0.1, 0.15) is 5.56 Å². The number of nitrogen functional groups attached to an aromatic ring is 1. The van der Waals surface area contributed by atoms with Crippen molar-refractivity contribution in [3.05, 3.63) is 53.6 Å². The molecule has 3 rings (SSSR count). The molecule has 0 unspecified atom stereocenters. The van der Waals surface area contributed by atoms with E-state index in [1.807, 2.05) is 0 Å². The summed E-state index contributed by atoms with van der Waals surface area (Å²) in [6, 6.07) is 8.80. The second kappa shape index (κ2) is 4.80. The smallest absolute Gasteiger partial charge is 0.201 e. The Balaban J connectivity index is 1.79. The van der Waals surface area contributed by atoms with Gasteiger partial charge in [-0.05, 0) is 24.3 Å². The highest BCUT2D eigenvalue weighted by molar-refractivity contribution is 5.80. The summed E-state index contributed by atoms with van der Waals surface area (Å²) in [6.07, 6.45) is 0. The van der Waals surface area contributed by atoms with Gasteiger partial charge in [0.05, 0.1) is 11.0 Å². The van der Waals surface area contributed by atoms with Crippen molar-refractivity contribution < 1.29 is 8.78 Å². The van der Waals surface area contributed by atoms with E-state index < -0.39 is 11.6 Å². The Bertz CT molecular complexity index is 767. The molecule has 0 amide bonds. The van der Waals surface area contributed by atoms with Crippen LogP contribution in [0.4, 0.5) is 20.4 Å². The average Bonchev–Trinajstić information content (AvgIpc) is 2.79. The number of rotatable bonds is 3. The zero-order chi connectivity index (χ0) is 14.1. The van der Waals surface area contributed by atoms with Gasteiger partial charge in [0.2, 0.25) is 5.95 Å². The lowest BCUT2D eigenvalue weighted by molar-refractivity contribution is 0.574. The van der Waals surface area contributed by atoms with E-state index in [-0.39, 0.29) is 6.54 Å². The number of aromatic amines is 1. The zero-order valence-electron chi connectivity index (χ0n) is 10.5. The molecule has 6 heteroatoms. The van der Waals surface area contributed by atoms with Gasteiger partial charge in [0.25, 0.3) is 0 Å². The number of halogens is 2. The summed E-state index contributed by atoms with van der Waals surface area (Å²) in [6.45, 7) is 0.210. The summed E-state index contributed by atoms with van der Waals surface area (Å²) >= 11 is 0. The molecule has 0 saturated heterocycles. The van der Waals surface area contributed by atoms with Gasteiger partial charge in [-0.15, -0.1) is 0 Å². The Hall–Kier alpha value is -2.63. The van der Waals surface area contributed by atoms with E-state index in [4.69, 9.17) is 5.73 Å². The molecule has 0 aliphatic rings. The van der Waals surface area contributed by atoms with Crippen LogP contribution in [0.3, 0.4) is 0 Å². The van der Waals surface area contributed by atoms with E-state index in [0.717, 1.165) is 17.1 Å². The first-order valence-corrected chi connectivity index (χ1v) is 6.05. The van der Waals surface area contributed by atoms with Crippen LogP contribution in [0, 0.1) is 11.6 Å². The van der Waals surface area contributed by atoms with Crippen molar-refractivity contribution in [1.82, 2.24) is 9.97 Å². The number of benzene rings is 2. The van der Waals surface area contributed by atoms with Crippen LogP contribution in [-0.4, -0.2) is 9.97 Å². The fourth-order valence-electron chi connectivity index (χ4n) is 1.95. The number of anilines is 2. The van der Waals surface area contributed by atoms with Crippen molar-refractivity contribution in [3.8, 4) is 0 Å². The molecule has 3 aromatic rings. The van der Waals surface area contributed by atoms with Crippen molar-refractivity contribution in [2.75, 3.05) is 11.1 Å². The molecule has 0 radical (unpaired) electrons. The Kier molecular flexibility index (Phi) is 2.98. The first kappa shape index (κ1) is 12.4. The van der Waals surface area contributed by atoms with Gasteiger partial charge in [0.1, 0.15) is 11.6 Å². The number of H-pyrrole nitrogens is 1. The molecule has 1 aromatic heterocycles. The molecule has 4 N–H and O–H groups in total. The zero-order valence-corrected chi connectivity index (χ0v) is 10.5. The van der Waals surface area contributed by atoms with E-state index in [2.05, 4.69) is 15.3 Å². The summed E-state index contributed by atoms with van der Waals surface area (Å²) < 4.78 is 26.3. The fourth-order valence-corrected chi connectivity index (χ4v) is 1.95. The van der Waals surface area contributed by atoms with Crippen LogP contribution < -0.4 is 11.1 Å². The number of nitrogens with zero attached hydrogens (tertiary/aromatic N) is 1. The second-order valence-electron chi connectivity index (χ2n) is 4.45. The van der Waals surface area contributed by atoms with Crippen LogP contribution in [0.15, 0.2) is 36.4 Å². The number of imidazole rings is 1. The lowest BCUT2D eigenvalue weighted by Gasteiger charge is -2.04. The van der Waals surface area contributed by atoms with Crippen molar-refractivity contribution in [3.63, 3.8) is 0 Å². The van der Waals surface area contributed by atoms with Crippen molar-refractivity contribution in [1.29, 1.82) is 0 Å². The van der Waals surface area contributed by atoms with E-state index >= 15 is 0 Å². The molecule has 0 aliphatic carbocycles. The summed E-state index contributed by atoms with van der Waals surface area (Å²) in [5.41, 5.74) is 8.25. The number of aromatic nitrogens is 2. The highest BCUT2D eigenvalue weighted by Gasteiger charge is 2.06. The van der Waals surface area contributed by atoms with E-state index in [0.29, 0.717) is 17.2 Å². The maximum absolute atomic E-state index is 13.5. The van der Waals surface area contributed by atoms with Crippen molar-refractivity contribution in [2.24, 2.45) is 0 Å². The largest absolute Gasteiger partial charge is 0.399 e. The van der Waals surface area contributed by atoms with Gasteiger partial charge in [0, 0.05) is 23.9 Å². The molecule has 0 bridgehead atoms. The molecule has 0 saturated carbocycles. The SMILES string of the molecule is Nc1ccc2nc(NCc3ccc(F)cc3F)[nH]c2c1.